The van der Waals surface area contributed by atoms with Gasteiger partial charge in [0.15, 0.2) is 5.03 Å². The third-order valence-corrected chi connectivity index (χ3v) is 4.96. The third kappa shape index (κ3) is 2.51. The first kappa shape index (κ1) is 12.5. The number of nitrogens with zero attached hydrogens (tertiary/aromatic N) is 2. The smallest absolute Gasteiger partial charge is 0.260 e. The maximum atomic E-state index is 12.3. The zero-order valence-corrected chi connectivity index (χ0v) is 10.4. The van der Waals surface area contributed by atoms with Crippen LogP contribution in [0, 0.1) is 0 Å². The number of hydrogen-bond donors (Lipinski definition) is 2. The Morgan fingerprint density at radius 3 is 3.06 bits per heavy atom. The fourth-order valence-electron chi connectivity index (χ4n) is 2.25. The summed E-state index contributed by atoms with van der Waals surface area (Å²) in [6.07, 6.45) is 4.53. The quantitative estimate of drug-likeness (QED) is 0.798. The van der Waals surface area contributed by atoms with Crippen LogP contribution in [0.3, 0.4) is 0 Å². The minimum Gasteiger partial charge on any atom is -0.396 e. The van der Waals surface area contributed by atoms with Crippen molar-refractivity contribution in [2.24, 2.45) is 0 Å². The average Bonchev–Trinajstić information content (AvgIpc) is 2.97. The highest BCUT2D eigenvalue weighted by molar-refractivity contribution is 7.89. The summed E-state index contributed by atoms with van der Waals surface area (Å²) in [6, 6.07) is 1.48. The normalized spacial score (nSPS) is 22.1. The van der Waals surface area contributed by atoms with Crippen LogP contribution in [0.5, 0.6) is 0 Å². The van der Waals surface area contributed by atoms with E-state index in [4.69, 9.17) is 5.11 Å². The van der Waals surface area contributed by atoms with Crippen molar-refractivity contribution in [2.75, 3.05) is 13.2 Å². The largest absolute Gasteiger partial charge is 0.396 e. The molecule has 1 unspecified atom stereocenters. The van der Waals surface area contributed by atoms with E-state index in [-0.39, 0.29) is 17.7 Å². The van der Waals surface area contributed by atoms with Gasteiger partial charge in [-0.1, -0.05) is 0 Å². The fourth-order valence-corrected chi connectivity index (χ4v) is 3.88. The van der Waals surface area contributed by atoms with Crippen LogP contribution in [-0.2, 0) is 10.0 Å². The molecular weight excluding hydrogens is 242 g/mol. The molecule has 1 aromatic heterocycles. The van der Waals surface area contributed by atoms with E-state index in [2.05, 4.69) is 10.2 Å². The van der Waals surface area contributed by atoms with Crippen LogP contribution < -0.4 is 0 Å². The average molecular weight is 259 g/mol. The molecule has 1 atom stereocenters. The summed E-state index contributed by atoms with van der Waals surface area (Å²) >= 11 is 0. The fraction of sp³-hybridized carbons (Fsp3) is 0.700. The summed E-state index contributed by atoms with van der Waals surface area (Å²) in [5.74, 6) is 0. The van der Waals surface area contributed by atoms with Crippen LogP contribution >= 0.6 is 0 Å². The van der Waals surface area contributed by atoms with Crippen LogP contribution in [0.2, 0.25) is 0 Å². The Labute approximate surface area is 101 Å². The summed E-state index contributed by atoms with van der Waals surface area (Å²) in [6.45, 7) is 0.659. The molecule has 0 aromatic carbocycles. The number of H-pyrrole nitrogens is 1. The molecule has 1 aliphatic rings. The number of nitrogens with one attached hydrogen (secondary N) is 1. The molecule has 0 aliphatic carbocycles. The van der Waals surface area contributed by atoms with Crippen LogP contribution in [0.4, 0.5) is 0 Å². The van der Waals surface area contributed by atoms with Crippen molar-refractivity contribution in [1.29, 1.82) is 0 Å². The van der Waals surface area contributed by atoms with Crippen molar-refractivity contribution in [3.05, 3.63) is 12.3 Å². The molecule has 0 saturated carbocycles. The number of aliphatic hydroxyl groups excluding tert-OH is 1. The lowest BCUT2D eigenvalue weighted by molar-refractivity contribution is 0.264. The highest BCUT2D eigenvalue weighted by atomic mass is 32.2. The molecule has 0 bridgehead atoms. The summed E-state index contributed by atoms with van der Waals surface area (Å²) in [5, 5.41) is 15.1. The summed E-state index contributed by atoms with van der Waals surface area (Å²) < 4.78 is 26.0. The van der Waals surface area contributed by atoms with Gasteiger partial charge >= 0.3 is 0 Å². The molecule has 2 N–H and O–H groups in total. The molecule has 1 saturated heterocycles. The van der Waals surface area contributed by atoms with E-state index in [0.717, 1.165) is 12.8 Å². The number of aliphatic hydroxyl groups is 1. The lowest BCUT2D eigenvalue weighted by Gasteiger charge is -2.22. The van der Waals surface area contributed by atoms with Crippen LogP contribution in [0.15, 0.2) is 17.3 Å². The van der Waals surface area contributed by atoms with E-state index in [1.165, 1.54) is 16.6 Å². The molecule has 2 heterocycles. The van der Waals surface area contributed by atoms with E-state index in [1.54, 1.807) is 0 Å². The number of aromatic amines is 1. The Bertz CT molecular complexity index is 443. The van der Waals surface area contributed by atoms with Gasteiger partial charge in [0.2, 0.25) is 0 Å². The van der Waals surface area contributed by atoms with E-state index < -0.39 is 10.0 Å². The Balaban J connectivity index is 2.15. The van der Waals surface area contributed by atoms with Crippen molar-refractivity contribution in [3.63, 3.8) is 0 Å². The van der Waals surface area contributed by atoms with Crippen LogP contribution in [0.25, 0.3) is 0 Å². The zero-order valence-electron chi connectivity index (χ0n) is 9.54. The van der Waals surface area contributed by atoms with E-state index in [0.29, 0.717) is 19.4 Å². The van der Waals surface area contributed by atoms with Crippen molar-refractivity contribution in [2.45, 2.75) is 36.8 Å². The highest BCUT2D eigenvalue weighted by Gasteiger charge is 2.35. The molecule has 1 fully saturated rings. The van der Waals surface area contributed by atoms with E-state index in [1.807, 2.05) is 0 Å². The van der Waals surface area contributed by atoms with Crippen LogP contribution in [-0.4, -0.2) is 47.2 Å². The van der Waals surface area contributed by atoms with Gasteiger partial charge in [0.1, 0.15) is 0 Å². The topological polar surface area (TPSA) is 86.3 Å². The second kappa shape index (κ2) is 5.16. The molecule has 0 spiro atoms. The Morgan fingerprint density at radius 2 is 2.41 bits per heavy atom. The predicted octanol–water partition coefficient (Wildman–Crippen LogP) is 0.335. The Hall–Kier alpha value is -0.920. The van der Waals surface area contributed by atoms with Gasteiger partial charge in [-0.25, -0.2) is 8.42 Å². The third-order valence-electron chi connectivity index (χ3n) is 3.08. The number of aromatic nitrogens is 2. The van der Waals surface area contributed by atoms with Crippen molar-refractivity contribution in [1.82, 2.24) is 14.5 Å². The summed E-state index contributed by atoms with van der Waals surface area (Å²) in [4.78, 5) is 0. The maximum Gasteiger partial charge on any atom is 0.260 e. The SMILES string of the molecule is O=S(=O)(c1ccn[nH]1)N1CCCC1CCCO. The predicted molar refractivity (Wildman–Crippen MR) is 61.8 cm³/mol. The van der Waals surface area contributed by atoms with Crippen molar-refractivity contribution >= 4 is 10.0 Å². The van der Waals surface area contributed by atoms with Gasteiger partial charge in [0.25, 0.3) is 10.0 Å². The van der Waals surface area contributed by atoms with Gasteiger partial charge in [-0.3, -0.25) is 5.10 Å². The van der Waals surface area contributed by atoms with Crippen LogP contribution in [0.1, 0.15) is 25.7 Å². The molecular formula is C10H17N3O3S. The first-order valence-electron chi connectivity index (χ1n) is 5.78. The molecule has 7 heteroatoms. The second-order valence-corrected chi connectivity index (χ2v) is 6.06. The molecule has 1 aliphatic heterocycles. The second-order valence-electron chi connectivity index (χ2n) is 4.20. The lowest BCUT2D eigenvalue weighted by atomic mass is 10.1. The minimum atomic E-state index is -3.44. The number of hydrogen-bond acceptors (Lipinski definition) is 4. The Kier molecular flexibility index (Phi) is 3.80. The standard InChI is InChI=1S/C10H17N3O3S/c14-8-2-4-9-3-1-7-13(9)17(15,16)10-5-6-11-12-10/h5-6,9,14H,1-4,7-8H2,(H,11,12). The first-order chi connectivity index (χ1) is 8.16. The van der Waals surface area contributed by atoms with Gasteiger partial charge in [0, 0.05) is 19.2 Å². The molecule has 6 nitrogen and oxygen atoms in total. The monoisotopic (exact) mass is 259 g/mol. The van der Waals surface area contributed by atoms with Crippen molar-refractivity contribution in [3.8, 4) is 0 Å². The Morgan fingerprint density at radius 1 is 1.59 bits per heavy atom. The van der Waals surface area contributed by atoms with Gasteiger partial charge < -0.3 is 5.11 Å². The zero-order chi connectivity index (χ0) is 12.3. The van der Waals surface area contributed by atoms with Gasteiger partial charge in [-0.2, -0.15) is 9.40 Å². The molecule has 96 valence electrons. The first-order valence-corrected chi connectivity index (χ1v) is 7.22. The summed E-state index contributed by atoms with van der Waals surface area (Å²) in [5.41, 5.74) is 0. The van der Waals surface area contributed by atoms with Gasteiger partial charge in [0.05, 0.1) is 6.20 Å². The van der Waals surface area contributed by atoms with E-state index in [9.17, 15) is 8.42 Å². The van der Waals surface area contributed by atoms with E-state index >= 15 is 0 Å². The summed E-state index contributed by atoms with van der Waals surface area (Å²) in [7, 11) is -3.44. The van der Waals surface area contributed by atoms with Crippen molar-refractivity contribution < 1.29 is 13.5 Å². The highest BCUT2D eigenvalue weighted by Crippen LogP contribution is 2.27. The minimum absolute atomic E-state index is 0.00968. The molecule has 17 heavy (non-hydrogen) atoms. The number of sulfonamides is 1. The molecule has 0 amide bonds. The van der Waals surface area contributed by atoms with Gasteiger partial charge in [-0.15, -0.1) is 0 Å². The molecule has 0 radical (unpaired) electrons. The maximum absolute atomic E-state index is 12.3. The molecule has 1 aromatic rings. The lowest BCUT2D eigenvalue weighted by Crippen LogP contribution is -2.35. The number of rotatable bonds is 5. The van der Waals surface area contributed by atoms with Gasteiger partial charge in [-0.05, 0) is 31.7 Å². The molecule has 2 rings (SSSR count).